The predicted molar refractivity (Wildman–Crippen MR) is 428 cm³/mol. The quantitative estimate of drug-likeness (QED) is 0.0222. The third-order valence-corrected chi connectivity index (χ3v) is 21.9. The summed E-state index contributed by atoms with van der Waals surface area (Å²) in [6.45, 7) is 9.65. The summed E-state index contributed by atoms with van der Waals surface area (Å²) < 4.78 is 68.8. The van der Waals surface area contributed by atoms with Gasteiger partial charge in [0, 0.05) is 25.7 Å². The Morgan fingerprint density at radius 3 is 0.654 bits per heavy atom. The lowest BCUT2D eigenvalue weighted by molar-refractivity contribution is -0.161. The molecule has 0 rings (SSSR count). The zero-order valence-electron chi connectivity index (χ0n) is 68.3. The van der Waals surface area contributed by atoms with Crippen LogP contribution in [0.1, 0.15) is 452 Å². The van der Waals surface area contributed by atoms with Crippen LogP contribution in [0.4, 0.5) is 0 Å². The van der Waals surface area contributed by atoms with Gasteiger partial charge in [0.05, 0.1) is 26.4 Å². The number of carbonyl (C=O) groups excluding carboxylic acids is 4. The first-order valence-electron chi connectivity index (χ1n) is 44.0. The molecule has 19 heteroatoms. The van der Waals surface area contributed by atoms with Crippen molar-refractivity contribution in [1.82, 2.24) is 0 Å². The zero-order chi connectivity index (χ0) is 76.4. The summed E-state index contributed by atoms with van der Waals surface area (Å²) >= 11 is 0. The highest BCUT2D eigenvalue weighted by Crippen LogP contribution is 2.45. The van der Waals surface area contributed by atoms with Crippen LogP contribution in [-0.4, -0.2) is 96.7 Å². The number of hydrogen-bond donors (Lipinski definition) is 3. The minimum Gasteiger partial charge on any atom is -0.462 e. The Kier molecular flexibility index (Phi) is 75.0. The predicted octanol–water partition coefficient (Wildman–Crippen LogP) is 25.8. The van der Waals surface area contributed by atoms with E-state index < -0.39 is 97.5 Å². The first-order chi connectivity index (χ1) is 50.4. The van der Waals surface area contributed by atoms with E-state index in [4.69, 9.17) is 37.0 Å². The van der Waals surface area contributed by atoms with Gasteiger partial charge in [-0.3, -0.25) is 37.3 Å². The van der Waals surface area contributed by atoms with Crippen molar-refractivity contribution in [3.05, 3.63) is 0 Å². The summed E-state index contributed by atoms with van der Waals surface area (Å²) in [6, 6.07) is 0. The van der Waals surface area contributed by atoms with Crippen LogP contribution >= 0.6 is 15.6 Å². The van der Waals surface area contributed by atoms with Crippen LogP contribution in [0, 0.1) is 11.8 Å². The lowest BCUT2D eigenvalue weighted by Crippen LogP contribution is -2.30. The first-order valence-corrected chi connectivity index (χ1v) is 47.0. The van der Waals surface area contributed by atoms with Gasteiger partial charge in [0.15, 0.2) is 12.2 Å². The fourth-order valence-electron chi connectivity index (χ4n) is 13.2. The molecule has 0 bridgehead atoms. The zero-order valence-corrected chi connectivity index (χ0v) is 70.1. The standard InChI is InChI=1S/C85H166O17P2/c1-7-9-11-13-15-17-19-21-22-23-24-25-26-27-28-31-36-40-44-52-58-64-70-85(90)101-80(73-95-82(87)67-61-55-49-42-38-35-32-29-30-34-37-41-47-53-59-65-77(3)4)75-99-103(91,92)97-71-79(86)72-98-104(93,94)100-76-81(74-96-83(88)68-62-56-50-46-45-48-54-60-66-78(5)6)102-84(89)69-63-57-51-43-39-33-20-18-16-14-12-10-8-2/h77-81,86H,7-76H2,1-6H3,(H,91,92)(H,93,94)/t79-,80-,81-/m1/s1. The lowest BCUT2D eigenvalue weighted by Gasteiger charge is -2.21. The molecule has 104 heavy (non-hydrogen) atoms. The van der Waals surface area contributed by atoms with E-state index >= 15 is 0 Å². The molecule has 0 aromatic rings. The number of hydrogen-bond acceptors (Lipinski definition) is 15. The number of phosphoric acid groups is 2. The number of phosphoric ester groups is 2. The molecule has 3 N–H and O–H groups in total. The van der Waals surface area contributed by atoms with Crippen LogP contribution in [0.2, 0.25) is 0 Å². The van der Waals surface area contributed by atoms with Gasteiger partial charge < -0.3 is 33.8 Å². The van der Waals surface area contributed by atoms with Gasteiger partial charge in [0.25, 0.3) is 0 Å². The monoisotopic (exact) mass is 1520 g/mol. The summed E-state index contributed by atoms with van der Waals surface area (Å²) in [5.41, 5.74) is 0. The summed E-state index contributed by atoms with van der Waals surface area (Å²) in [6.07, 6.45) is 68.1. The highest BCUT2D eigenvalue weighted by Gasteiger charge is 2.30. The molecule has 0 saturated carbocycles. The van der Waals surface area contributed by atoms with Gasteiger partial charge in [-0.25, -0.2) is 9.13 Å². The highest BCUT2D eigenvalue weighted by molar-refractivity contribution is 7.47. The molecule has 5 atom stereocenters. The van der Waals surface area contributed by atoms with Crippen molar-refractivity contribution in [2.24, 2.45) is 11.8 Å². The fourth-order valence-corrected chi connectivity index (χ4v) is 14.8. The highest BCUT2D eigenvalue weighted by atomic mass is 31.2. The van der Waals surface area contributed by atoms with E-state index in [0.717, 1.165) is 102 Å². The van der Waals surface area contributed by atoms with E-state index in [1.165, 1.54) is 270 Å². The number of aliphatic hydroxyl groups excluding tert-OH is 1. The number of rotatable bonds is 84. The second-order valence-corrected chi connectivity index (χ2v) is 34.4. The van der Waals surface area contributed by atoms with Gasteiger partial charge >= 0.3 is 39.5 Å². The van der Waals surface area contributed by atoms with Crippen LogP contribution in [0.15, 0.2) is 0 Å². The minimum absolute atomic E-state index is 0.107. The third-order valence-electron chi connectivity index (χ3n) is 20.0. The molecule has 2 unspecified atom stereocenters. The first kappa shape index (κ1) is 102. The third kappa shape index (κ3) is 78.2. The topological polar surface area (TPSA) is 237 Å². The summed E-state index contributed by atoms with van der Waals surface area (Å²) in [5.74, 6) is -0.571. The van der Waals surface area contributed by atoms with Gasteiger partial charge in [-0.05, 0) is 37.5 Å². The Labute approximate surface area is 638 Å². The van der Waals surface area contributed by atoms with Crippen molar-refractivity contribution in [1.29, 1.82) is 0 Å². The molecule has 17 nitrogen and oxygen atoms in total. The molecule has 0 heterocycles. The van der Waals surface area contributed by atoms with Crippen molar-refractivity contribution < 1.29 is 80.2 Å². The number of unbranched alkanes of at least 4 members (excludes halogenated alkanes) is 54. The normalized spacial score (nSPS) is 13.8. The molecule has 0 aliphatic rings. The summed E-state index contributed by atoms with van der Waals surface area (Å²) in [4.78, 5) is 73.2. The van der Waals surface area contributed by atoms with Gasteiger partial charge in [0.2, 0.25) is 0 Å². The van der Waals surface area contributed by atoms with E-state index in [9.17, 15) is 43.2 Å². The van der Waals surface area contributed by atoms with Crippen LogP contribution in [0.5, 0.6) is 0 Å². The summed E-state index contributed by atoms with van der Waals surface area (Å²) in [7, 11) is -9.92. The Hall–Kier alpha value is -1.94. The molecule has 0 aliphatic heterocycles. The van der Waals surface area contributed by atoms with E-state index in [-0.39, 0.29) is 25.7 Å². The molecule has 0 aliphatic carbocycles. The molecule has 0 fully saturated rings. The van der Waals surface area contributed by atoms with Crippen molar-refractivity contribution in [3.8, 4) is 0 Å². The largest absolute Gasteiger partial charge is 0.472 e. The molecule has 0 radical (unpaired) electrons. The van der Waals surface area contributed by atoms with E-state index in [1.54, 1.807) is 0 Å². The fraction of sp³-hybridized carbons (Fsp3) is 0.953. The van der Waals surface area contributed by atoms with Crippen molar-refractivity contribution >= 4 is 39.5 Å². The summed E-state index contributed by atoms with van der Waals surface area (Å²) in [5, 5.41) is 10.7. The number of esters is 4. The number of ether oxygens (including phenoxy) is 4. The van der Waals surface area contributed by atoms with Crippen molar-refractivity contribution in [3.63, 3.8) is 0 Å². The van der Waals surface area contributed by atoms with Crippen LogP contribution in [0.3, 0.4) is 0 Å². The maximum atomic E-state index is 13.1. The number of carbonyl (C=O) groups is 4. The van der Waals surface area contributed by atoms with Gasteiger partial charge in [-0.1, -0.05) is 401 Å². The molecule has 618 valence electrons. The van der Waals surface area contributed by atoms with E-state index in [1.807, 2.05) is 0 Å². The van der Waals surface area contributed by atoms with Crippen molar-refractivity contribution in [2.45, 2.75) is 471 Å². The number of aliphatic hydroxyl groups is 1. The van der Waals surface area contributed by atoms with Crippen molar-refractivity contribution in [2.75, 3.05) is 39.6 Å². The minimum atomic E-state index is -4.97. The van der Waals surface area contributed by atoms with Gasteiger partial charge in [0.1, 0.15) is 19.3 Å². The molecule has 0 aromatic heterocycles. The SMILES string of the molecule is CCCCCCCCCCCCCCCCCCCCCCCCC(=O)O[C@H](COC(=O)CCCCCCCCCCCCCCCCCC(C)C)COP(=O)(O)OC[C@@H](O)COP(=O)(O)OC[C@@H](COC(=O)CCCCCCCCCCC(C)C)OC(=O)CCCCCCCCCCCCCCC. The van der Waals surface area contributed by atoms with Gasteiger partial charge in [-0.2, -0.15) is 0 Å². The Morgan fingerprint density at radius 1 is 0.260 bits per heavy atom. The molecule has 0 saturated heterocycles. The average molecular weight is 1520 g/mol. The second-order valence-electron chi connectivity index (χ2n) is 31.5. The molecule has 0 aromatic carbocycles. The molecular formula is C85H166O17P2. The van der Waals surface area contributed by atoms with Gasteiger partial charge in [-0.15, -0.1) is 0 Å². The lowest BCUT2D eigenvalue weighted by atomic mass is 10.0. The van der Waals surface area contributed by atoms with E-state index in [2.05, 4.69) is 41.5 Å². The van der Waals surface area contributed by atoms with E-state index in [0.29, 0.717) is 25.7 Å². The Morgan fingerprint density at radius 2 is 0.442 bits per heavy atom. The second kappa shape index (κ2) is 76.4. The Bertz CT molecular complexity index is 1990. The maximum absolute atomic E-state index is 13.1. The van der Waals surface area contributed by atoms with Crippen LogP contribution < -0.4 is 0 Å². The maximum Gasteiger partial charge on any atom is 0.472 e. The van der Waals surface area contributed by atoms with Crippen LogP contribution in [-0.2, 0) is 65.4 Å². The molecular weight excluding hydrogens is 1350 g/mol. The smallest absolute Gasteiger partial charge is 0.462 e. The average Bonchev–Trinajstić information content (AvgIpc) is 0.915. The van der Waals surface area contributed by atoms with Crippen LogP contribution in [0.25, 0.3) is 0 Å². The molecule has 0 spiro atoms. The molecule has 0 amide bonds. The Balaban J connectivity index is 5.22.